The number of aromatic nitrogens is 1. The number of aryl methyl sites for hydroxylation is 1. The number of rotatable bonds is 5. The maximum absolute atomic E-state index is 12.3. The molecule has 2 aromatic carbocycles. The molecule has 0 radical (unpaired) electrons. The van der Waals surface area contributed by atoms with E-state index in [1.165, 1.54) is 12.1 Å². The zero-order valence-electron chi connectivity index (χ0n) is 13.5. The first-order chi connectivity index (χ1) is 12.0. The van der Waals surface area contributed by atoms with Gasteiger partial charge < -0.3 is 0 Å². The molecule has 4 nitrogen and oxygen atoms in total. The monoisotopic (exact) mass is 373 g/mol. The molecule has 0 amide bonds. The molecule has 0 N–H and O–H groups in total. The van der Waals surface area contributed by atoms with Gasteiger partial charge in [-0.05, 0) is 37.3 Å². The Labute approximate surface area is 152 Å². The van der Waals surface area contributed by atoms with Crippen LogP contribution in [-0.2, 0) is 20.9 Å². The third kappa shape index (κ3) is 4.25. The Balaban J connectivity index is 1.84. The molecule has 0 spiro atoms. The van der Waals surface area contributed by atoms with Crippen molar-refractivity contribution in [3.63, 3.8) is 0 Å². The largest absolute Gasteiger partial charge is 0.297 e. The van der Waals surface area contributed by atoms with E-state index in [-0.39, 0.29) is 11.5 Å². The van der Waals surface area contributed by atoms with Gasteiger partial charge in [-0.1, -0.05) is 47.5 Å². The van der Waals surface area contributed by atoms with Crippen molar-refractivity contribution in [1.82, 2.24) is 4.98 Å². The van der Waals surface area contributed by atoms with Crippen LogP contribution in [-0.4, -0.2) is 13.4 Å². The number of hydrogen-bond donors (Lipinski definition) is 0. The topological polar surface area (TPSA) is 56.3 Å². The highest BCUT2D eigenvalue weighted by Gasteiger charge is 2.16. The Morgan fingerprint density at radius 2 is 1.68 bits per heavy atom. The fourth-order valence-corrected chi connectivity index (χ4v) is 3.35. The fourth-order valence-electron chi connectivity index (χ4n) is 2.34. The highest BCUT2D eigenvalue weighted by Crippen LogP contribution is 2.24. The van der Waals surface area contributed by atoms with Gasteiger partial charge in [0.2, 0.25) is 0 Å². The van der Waals surface area contributed by atoms with Gasteiger partial charge in [0, 0.05) is 22.3 Å². The van der Waals surface area contributed by atoms with Crippen LogP contribution in [0.5, 0.6) is 0 Å². The highest BCUT2D eigenvalue weighted by molar-refractivity contribution is 7.86. The van der Waals surface area contributed by atoms with Gasteiger partial charge >= 0.3 is 0 Å². The standard InChI is InChI=1S/C19H16ClNO3S/c1-14-4-10-18(11-5-14)25(22,23)24-13-16-3-2-12-21-19(16)15-6-8-17(20)9-7-15/h2-12H,13H2,1H3. The second kappa shape index (κ2) is 7.35. The third-order valence-electron chi connectivity index (χ3n) is 3.69. The van der Waals surface area contributed by atoms with E-state index < -0.39 is 10.1 Å². The lowest BCUT2D eigenvalue weighted by atomic mass is 10.1. The summed E-state index contributed by atoms with van der Waals surface area (Å²) >= 11 is 5.91. The van der Waals surface area contributed by atoms with Gasteiger partial charge in [0.05, 0.1) is 17.2 Å². The summed E-state index contributed by atoms with van der Waals surface area (Å²) in [6, 6.07) is 17.3. The van der Waals surface area contributed by atoms with Crippen molar-refractivity contribution < 1.29 is 12.6 Å². The molecular weight excluding hydrogens is 358 g/mol. The summed E-state index contributed by atoms with van der Waals surface area (Å²) in [5, 5.41) is 0.624. The Hall–Kier alpha value is -2.21. The second-order valence-electron chi connectivity index (χ2n) is 5.55. The summed E-state index contributed by atoms with van der Waals surface area (Å²) < 4.78 is 29.9. The Bertz CT molecular complexity index is 968. The third-order valence-corrected chi connectivity index (χ3v) is 5.22. The Morgan fingerprint density at radius 3 is 2.36 bits per heavy atom. The quantitative estimate of drug-likeness (QED) is 0.612. The van der Waals surface area contributed by atoms with Crippen molar-refractivity contribution in [2.75, 3.05) is 0 Å². The molecule has 0 atom stereocenters. The molecule has 25 heavy (non-hydrogen) atoms. The van der Waals surface area contributed by atoms with Gasteiger partial charge in [-0.15, -0.1) is 0 Å². The van der Waals surface area contributed by atoms with Crippen LogP contribution in [0.25, 0.3) is 11.3 Å². The smallest absolute Gasteiger partial charge is 0.261 e. The van der Waals surface area contributed by atoms with E-state index in [2.05, 4.69) is 4.98 Å². The van der Waals surface area contributed by atoms with E-state index in [9.17, 15) is 8.42 Å². The van der Waals surface area contributed by atoms with E-state index in [1.807, 2.05) is 19.1 Å². The SMILES string of the molecule is Cc1ccc(S(=O)(=O)OCc2cccnc2-c2ccc(Cl)cc2)cc1. The van der Waals surface area contributed by atoms with Gasteiger partial charge in [0.1, 0.15) is 0 Å². The lowest BCUT2D eigenvalue weighted by Crippen LogP contribution is -2.07. The molecule has 0 saturated heterocycles. The van der Waals surface area contributed by atoms with E-state index in [1.54, 1.807) is 42.6 Å². The van der Waals surface area contributed by atoms with Gasteiger partial charge in [-0.25, -0.2) is 0 Å². The van der Waals surface area contributed by atoms with Crippen LogP contribution < -0.4 is 0 Å². The zero-order chi connectivity index (χ0) is 17.9. The van der Waals surface area contributed by atoms with Crippen LogP contribution in [0, 0.1) is 6.92 Å². The minimum absolute atomic E-state index is 0.0952. The summed E-state index contributed by atoms with van der Waals surface area (Å²) in [5.74, 6) is 0. The number of halogens is 1. The molecule has 1 aromatic heterocycles. The van der Waals surface area contributed by atoms with Crippen LogP contribution in [0.15, 0.2) is 71.8 Å². The van der Waals surface area contributed by atoms with Gasteiger partial charge in [0.15, 0.2) is 0 Å². The first-order valence-corrected chi connectivity index (χ1v) is 9.40. The Morgan fingerprint density at radius 1 is 1.00 bits per heavy atom. The molecule has 0 unspecified atom stereocenters. The molecule has 0 bridgehead atoms. The molecule has 3 aromatic rings. The lowest BCUT2D eigenvalue weighted by molar-refractivity contribution is 0.308. The summed E-state index contributed by atoms with van der Waals surface area (Å²) in [6.07, 6.45) is 1.65. The fraction of sp³-hybridized carbons (Fsp3) is 0.105. The summed E-state index contributed by atoms with van der Waals surface area (Å²) in [6.45, 7) is 1.80. The lowest BCUT2D eigenvalue weighted by Gasteiger charge is -2.10. The molecular formula is C19H16ClNO3S. The minimum Gasteiger partial charge on any atom is -0.261 e. The number of hydrogen-bond acceptors (Lipinski definition) is 4. The van der Waals surface area contributed by atoms with Crippen LogP contribution in [0.1, 0.15) is 11.1 Å². The summed E-state index contributed by atoms with van der Waals surface area (Å²) in [5.41, 5.74) is 3.17. The van der Waals surface area contributed by atoms with Crippen molar-refractivity contribution >= 4 is 21.7 Å². The average molecular weight is 374 g/mol. The van der Waals surface area contributed by atoms with Crippen LogP contribution in [0.3, 0.4) is 0 Å². The van der Waals surface area contributed by atoms with Crippen molar-refractivity contribution in [3.05, 3.63) is 83.0 Å². The number of benzene rings is 2. The average Bonchev–Trinajstić information content (AvgIpc) is 2.61. The second-order valence-corrected chi connectivity index (χ2v) is 7.60. The number of pyridine rings is 1. The minimum atomic E-state index is -3.83. The van der Waals surface area contributed by atoms with Crippen molar-refractivity contribution in [2.45, 2.75) is 18.4 Å². The van der Waals surface area contributed by atoms with E-state index in [0.717, 1.165) is 11.1 Å². The predicted molar refractivity (Wildman–Crippen MR) is 97.8 cm³/mol. The van der Waals surface area contributed by atoms with Crippen molar-refractivity contribution in [3.8, 4) is 11.3 Å². The van der Waals surface area contributed by atoms with Crippen molar-refractivity contribution in [1.29, 1.82) is 0 Å². The molecule has 0 aliphatic rings. The van der Waals surface area contributed by atoms with E-state index in [4.69, 9.17) is 15.8 Å². The van der Waals surface area contributed by atoms with Crippen molar-refractivity contribution in [2.24, 2.45) is 0 Å². The van der Waals surface area contributed by atoms with Crippen LogP contribution in [0.4, 0.5) is 0 Å². The van der Waals surface area contributed by atoms with Crippen LogP contribution >= 0.6 is 11.6 Å². The summed E-state index contributed by atoms with van der Waals surface area (Å²) in [4.78, 5) is 4.48. The molecule has 0 fully saturated rings. The molecule has 1 heterocycles. The van der Waals surface area contributed by atoms with Gasteiger partial charge in [-0.2, -0.15) is 8.42 Å². The molecule has 0 saturated carbocycles. The van der Waals surface area contributed by atoms with Gasteiger partial charge in [0.25, 0.3) is 10.1 Å². The maximum Gasteiger partial charge on any atom is 0.297 e. The molecule has 3 rings (SSSR count). The first-order valence-electron chi connectivity index (χ1n) is 7.62. The molecule has 0 aliphatic heterocycles. The predicted octanol–water partition coefficient (Wildman–Crippen LogP) is 4.62. The normalized spacial score (nSPS) is 11.4. The number of nitrogens with zero attached hydrogens (tertiary/aromatic N) is 1. The maximum atomic E-state index is 12.3. The molecule has 6 heteroatoms. The molecule has 0 aliphatic carbocycles. The van der Waals surface area contributed by atoms with Gasteiger partial charge in [-0.3, -0.25) is 9.17 Å². The first kappa shape index (κ1) is 17.6. The van der Waals surface area contributed by atoms with E-state index >= 15 is 0 Å². The van der Waals surface area contributed by atoms with Crippen LogP contribution in [0.2, 0.25) is 5.02 Å². The highest BCUT2D eigenvalue weighted by atomic mass is 35.5. The zero-order valence-corrected chi connectivity index (χ0v) is 15.1. The molecule has 128 valence electrons. The summed E-state index contributed by atoms with van der Waals surface area (Å²) in [7, 11) is -3.83. The Kier molecular flexibility index (Phi) is 5.18. The van der Waals surface area contributed by atoms with E-state index in [0.29, 0.717) is 16.3 Å².